The molecule has 10 aromatic rings. The van der Waals surface area contributed by atoms with Crippen LogP contribution in [-0.2, 0) is 31.9 Å². The van der Waals surface area contributed by atoms with Crippen LogP contribution in [0.4, 0.5) is 22.9 Å². The van der Waals surface area contributed by atoms with E-state index in [-0.39, 0.29) is 31.9 Å². The van der Waals surface area contributed by atoms with Crippen molar-refractivity contribution >= 4 is 87.2 Å². The van der Waals surface area contributed by atoms with Crippen LogP contribution in [0.25, 0.3) is 58.8 Å². The Morgan fingerprint density at radius 1 is 0.645 bits per heavy atom. The normalized spacial score (nSPS) is 13.2. The Labute approximate surface area is 380 Å². The largest absolute Gasteiger partial charge is 0.509 e. The number of thiophene rings is 1. The Morgan fingerprint density at radius 3 is 2.13 bits per heavy atom. The molecule has 0 fully saturated rings. The number of aryl methyl sites for hydroxylation is 2. The smallest absolute Gasteiger partial charge is 0.194 e. The Balaban J connectivity index is 0.00000458. The molecule has 8 heteroatoms. The summed E-state index contributed by atoms with van der Waals surface area (Å²) in [4.78, 5) is 9.36. The fourth-order valence-electron chi connectivity index (χ4n) is 9.02. The summed E-state index contributed by atoms with van der Waals surface area (Å²) < 4.78 is 18.2. The van der Waals surface area contributed by atoms with Crippen LogP contribution in [0.1, 0.15) is 63.8 Å². The van der Waals surface area contributed by atoms with Crippen LogP contribution in [0.2, 0.25) is 0 Å². The fraction of sp³-hybridized carbons (Fsp3) is 0.185. The van der Waals surface area contributed by atoms with E-state index >= 15 is 0 Å². The molecule has 6 aromatic carbocycles. The maximum atomic E-state index is 6.73. The first-order chi connectivity index (χ1) is 29.3. The third-order valence-electron chi connectivity index (χ3n) is 12.1. The summed E-state index contributed by atoms with van der Waals surface area (Å²) in [6.45, 7) is 20.0. The molecule has 312 valence electrons. The third kappa shape index (κ3) is 6.43. The van der Waals surface area contributed by atoms with Crippen LogP contribution < -0.4 is 14.5 Å². The van der Waals surface area contributed by atoms with Gasteiger partial charge < -0.3 is 23.5 Å². The molecule has 5 heterocycles. The van der Waals surface area contributed by atoms with Gasteiger partial charge in [-0.15, -0.1) is 59.4 Å². The topological polar surface area (TPSA) is 46.7 Å². The Bertz CT molecular complexity index is 3380. The van der Waals surface area contributed by atoms with Crippen molar-refractivity contribution in [3.05, 3.63) is 163 Å². The Hall–Kier alpha value is -5.88. The first-order valence-electron chi connectivity index (χ1n) is 20.9. The van der Waals surface area contributed by atoms with E-state index in [4.69, 9.17) is 14.1 Å². The number of nitrogens with zero attached hydrogens (tertiary/aromatic N) is 4. The number of hydrogen-bond donors (Lipinski definition) is 0. The number of anilines is 4. The molecule has 11 rings (SSSR count). The molecule has 62 heavy (non-hydrogen) atoms. The number of benzene rings is 6. The van der Waals surface area contributed by atoms with Gasteiger partial charge in [-0.3, -0.25) is 0 Å². The van der Waals surface area contributed by atoms with E-state index in [9.17, 15) is 0 Å². The first kappa shape index (κ1) is 40.2. The van der Waals surface area contributed by atoms with Crippen molar-refractivity contribution < 1.29 is 30.2 Å². The van der Waals surface area contributed by atoms with Crippen molar-refractivity contribution in [1.82, 2.24) is 9.55 Å². The molecule has 0 N–H and O–H groups in total. The van der Waals surface area contributed by atoms with Crippen LogP contribution in [0.3, 0.4) is 0 Å². The SMILES string of the molecule is Cc1cc(C(C)(C)C)cc(C)c1N1[CH-]N(c2[c-]c(Oc3[c-]c4c(cc3)c3ccc5sc6ccccc6c5c3n4-c3cc(C(C)(C)C)ccn3)ccc2)c2c1oc1ccccc21.[Pt]. The average molecular weight is 1010 g/mol. The number of rotatable bonds is 5. The molecular formula is C54H45N4O2PtS-3. The van der Waals surface area contributed by atoms with Crippen molar-refractivity contribution in [2.24, 2.45) is 0 Å². The van der Waals surface area contributed by atoms with Crippen LogP contribution in [-0.4, -0.2) is 9.55 Å². The predicted octanol–water partition coefficient (Wildman–Crippen LogP) is 15.3. The summed E-state index contributed by atoms with van der Waals surface area (Å²) in [5, 5.41) is 5.74. The van der Waals surface area contributed by atoms with Gasteiger partial charge in [-0.2, -0.15) is 12.1 Å². The molecule has 0 aliphatic carbocycles. The van der Waals surface area contributed by atoms with Gasteiger partial charge in [0.1, 0.15) is 11.4 Å². The van der Waals surface area contributed by atoms with E-state index in [1.165, 1.54) is 42.4 Å². The van der Waals surface area contributed by atoms with E-state index in [0.29, 0.717) is 11.5 Å². The summed E-state index contributed by atoms with van der Waals surface area (Å²) in [5.41, 5.74) is 10.7. The number of furan rings is 1. The van der Waals surface area contributed by atoms with Crippen molar-refractivity contribution in [2.45, 2.75) is 66.2 Å². The maximum absolute atomic E-state index is 6.73. The Morgan fingerprint density at radius 2 is 1.35 bits per heavy atom. The van der Waals surface area contributed by atoms with Crippen LogP contribution in [0, 0.1) is 32.6 Å². The van der Waals surface area contributed by atoms with Gasteiger partial charge in [0.2, 0.25) is 0 Å². The van der Waals surface area contributed by atoms with Crippen molar-refractivity contribution in [1.29, 1.82) is 0 Å². The van der Waals surface area contributed by atoms with Gasteiger partial charge in [0, 0.05) is 70.0 Å². The summed E-state index contributed by atoms with van der Waals surface area (Å²) in [6.07, 6.45) is 1.93. The minimum Gasteiger partial charge on any atom is -0.509 e. The summed E-state index contributed by atoms with van der Waals surface area (Å²) in [7, 11) is 0. The number of ether oxygens (including phenoxy) is 1. The standard InChI is InChI=1S/C54H45N4O2S.Pt/c1-32-26-35(54(6,7)8)27-33(2)49(32)57-31-56(51-41-16-9-11-18-44(41)60-52(51)57)36-14-13-15-37(29-36)59-38-20-21-39-40-22-23-46-48(42-17-10-12-19-45(42)61-46)50(40)58(43(39)30-38)47-28-34(24-25-55-47)53(3,4)5;/h9-28,31H,1-8H3;/q-3;. The van der Waals surface area contributed by atoms with Gasteiger partial charge in [-0.05, 0) is 88.7 Å². The maximum Gasteiger partial charge on any atom is 0.194 e. The predicted molar refractivity (Wildman–Crippen MR) is 254 cm³/mol. The van der Waals surface area contributed by atoms with Gasteiger partial charge in [0.15, 0.2) is 5.88 Å². The zero-order valence-electron chi connectivity index (χ0n) is 36.0. The first-order valence-corrected chi connectivity index (χ1v) is 21.7. The summed E-state index contributed by atoms with van der Waals surface area (Å²) in [6, 6.07) is 47.9. The number of hydrogen-bond acceptors (Lipinski definition) is 6. The van der Waals surface area contributed by atoms with E-state index in [1.807, 2.05) is 47.9 Å². The fourth-order valence-corrected chi connectivity index (χ4v) is 10.1. The molecule has 1 aliphatic rings. The quantitative estimate of drug-likeness (QED) is 0.161. The second kappa shape index (κ2) is 14.6. The average Bonchev–Trinajstić information content (AvgIpc) is 3.98. The van der Waals surface area contributed by atoms with Gasteiger partial charge >= 0.3 is 0 Å². The molecule has 0 unspecified atom stereocenters. The molecule has 1 aliphatic heterocycles. The van der Waals surface area contributed by atoms with Gasteiger partial charge in [0.05, 0.1) is 11.2 Å². The van der Waals surface area contributed by atoms with Crippen molar-refractivity contribution in [2.75, 3.05) is 9.80 Å². The second-order valence-electron chi connectivity index (χ2n) is 18.3. The molecule has 6 nitrogen and oxygen atoms in total. The number of para-hydroxylation sites is 1. The van der Waals surface area contributed by atoms with Crippen LogP contribution >= 0.6 is 11.3 Å². The monoisotopic (exact) mass is 1010 g/mol. The molecule has 0 spiro atoms. The molecular weight excluding hydrogens is 964 g/mol. The minimum atomic E-state index is -0.0540. The summed E-state index contributed by atoms with van der Waals surface area (Å²) in [5.74, 6) is 2.81. The molecule has 0 saturated heterocycles. The van der Waals surface area contributed by atoms with Crippen molar-refractivity contribution in [3.63, 3.8) is 0 Å². The van der Waals surface area contributed by atoms with Gasteiger partial charge in [-0.25, -0.2) is 4.98 Å². The molecule has 4 aromatic heterocycles. The summed E-state index contributed by atoms with van der Waals surface area (Å²) >= 11 is 1.82. The van der Waals surface area contributed by atoms with E-state index in [1.54, 1.807) is 0 Å². The van der Waals surface area contributed by atoms with Gasteiger partial charge in [-0.1, -0.05) is 95.6 Å². The molecule has 0 saturated carbocycles. The van der Waals surface area contributed by atoms with Crippen LogP contribution in [0.15, 0.2) is 126 Å². The Kier molecular flexibility index (Phi) is 9.47. The van der Waals surface area contributed by atoms with E-state index in [2.05, 4.69) is 173 Å². The molecule has 0 atom stereocenters. The zero-order valence-corrected chi connectivity index (χ0v) is 39.0. The zero-order chi connectivity index (χ0) is 41.9. The van der Waals surface area contributed by atoms with E-state index < -0.39 is 0 Å². The number of fused-ring (bicyclic) bond motifs is 10. The molecule has 0 radical (unpaired) electrons. The minimum absolute atomic E-state index is 0. The van der Waals surface area contributed by atoms with Crippen LogP contribution in [0.5, 0.6) is 11.5 Å². The molecule has 0 bridgehead atoms. The van der Waals surface area contributed by atoms with E-state index in [0.717, 1.165) is 61.5 Å². The van der Waals surface area contributed by atoms with Gasteiger partial charge in [0.25, 0.3) is 0 Å². The third-order valence-corrected chi connectivity index (χ3v) is 13.2. The number of aromatic nitrogens is 2. The second-order valence-corrected chi connectivity index (χ2v) is 19.4. The molecule has 0 amide bonds. The van der Waals surface area contributed by atoms with Crippen molar-refractivity contribution in [3.8, 4) is 17.3 Å². The number of pyridine rings is 1.